The molecule has 2 unspecified atom stereocenters. The zero-order chi connectivity index (χ0) is 16.3. The Morgan fingerprint density at radius 2 is 1.91 bits per heavy atom. The van der Waals surface area contributed by atoms with E-state index in [-0.39, 0.29) is 16.8 Å². The predicted molar refractivity (Wildman–Crippen MR) is 86.7 cm³/mol. The first-order valence-corrected chi connectivity index (χ1v) is 9.22. The van der Waals surface area contributed by atoms with E-state index in [1.165, 1.54) is 12.1 Å². The van der Waals surface area contributed by atoms with E-state index in [1.807, 2.05) is 0 Å². The minimum absolute atomic E-state index is 0.146. The highest BCUT2D eigenvalue weighted by Crippen LogP contribution is 2.17. The number of amides is 1. The highest BCUT2D eigenvalue weighted by Gasteiger charge is 2.23. The topological polar surface area (TPSA) is 75.3 Å². The summed E-state index contributed by atoms with van der Waals surface area (Å²) in [5, 5.41) is 5.86. The monoisotopic (exact) mass is 324 g/mol. The van der Waals surface area contributed by atoms with Crippen LogP contribution in [0.2, 0.25) is 0 Å². The second kappa shape index (κ2) is 6.79. The first kappa shape index (κ1) is 17.0. The Bertz CT molecular complexity index is 623. The summed E-state index contributed by atoms with van der Waals surface area (Å²) in [4.78, 5) is 12.5. The molecule has 0 aliphatic carbocycles. The lowest BCUT2D eigenvalue weighted by molar-refractivity contribution is 0.0914. The molecule has 122 valence electrons. The van der Waals surface area contributed by atoms with E-state index < -0.39 is 15.1 Å². The minimum atomic E-state index is -3.30. The van der Waals surface area contributed by atoms with Crippen LogP contribution in [-0.2, 0) is 9.84 Å². The van der Waals surface area contributed by atoms with E-state index in [2.05, 4.69) is 17.6 Å². The average Bonchev–Trinajstić information content (AvgIpc) is 2.49. The highest BCUT2D eigenvalue weighted by atomic mass is 32.2. The van der Waals surface area contributed by atoms with Crippen molar-refractivity contribution in [3.63, 3.8) is 0 Å². The Balaban J connectivity index is 2.08. The maximum absolute atomic E-state index is 12.3. The van der Waals surface area contributed by atoms with E-state index in [0.29, 0.717) is 11.5 Å². The lowest BCUT2D eigenvalue weighted by Gasteiger charge is -2.30. The van der Waals surface area contributed by atoms with Crippen LogP contribution in [0.15, 0.2) is 29.2 Å². The van der Waals surface area contributed by atoms with Gasteiger partial charge in [0.25, 0.3) is 5.91 Å². The molecule has 1 aliphatic rings. The number of sulfone groups is 1. The Morgan fingerprint density at radius 1 is 1.27 bits per heavy atom. The molecule has 0 saturated carbocycles. The molecule has 1 heterocycles. The van der Waals surface area contributed by atoms with E-state index in [9.17, 15) is 13.2 Å². The van der Waals surface area contributed by atoms with Gasteiger partial charge in [-0.15, -0.1) is 0 Å². The third kappa shape index (κ3) is 3.67. The zero-order valence-corrected chi connectivity index (χ0v) is 14.1. The van der Waals surface area contributed by atoms with Crippen molar-refractivity contribution in [1.82, 2.24) is 10.6 Å². The number of rotatable bonds is 4. The summed E-state index contributed by atoms with van der Waals surface area (Å²) in [6, 6.07) is 6.34. The van der Waals surface area contributed by atoms with Crippen molar-refractivity contribution in [1.29, 1.82) is 0 Å². The van der Waals surface area contributed by atoms with Crippen LogP contribution in [-0.4, -0.2) is 38.7 Å². The zero-order valence-electron chi connectivity index (χ0n) is 13.3. The summed E-state index contributed by atoms with van der Waals surface area (Å²) in [6.07, 6.45) is 0.909. The van der Waals surface area contributed by atoms with Crippen molar-refractivity contribution < 1.29 is 13.2 Å². The number of piperidine rings is 1. The van der Waals surface area contributed by atoms with Gasteiger partial charge in [0.05, 0.1) is 10.1 Å². The molecule has 1 aromatic carbocycles. The normalized spacial score (nSPS) is 22.5. The minimum Gasteiger partial charge on any atom is -0.349 e. The molecule has 1 aliphatic heterocycles. The van der Waals surface area contributed by atoms with Crippen LogP contribution in [0.25, 0.3) is 0 Å². The SMILES string of the molecule is CC1CNCCC1NC(=O)c1ccc(S(=O)(=O)C(C)C)cc1. The van der Waals surface area contributed by atoms with Gasteiger partial charge in [-0.05, 0) is 63.5 Å². The van der Waals surface area contributed by atoms with Gasteiger partial charge in [0.2, 0.25) is 0 Å². The second-order valence-electron chi connectivity index (χ2n) is 6.17. The summed E-state index contributed by atoms with van der Waals surface area (Å²) in [5.74, 6) is 0.241. The molecule has 22 heavy (non-hydrogen) atoms. The first-order valence-electron chi connectivity index (χ1n) is 7.68. The molecule has 2 rings (SSSR count). The molecule has 2 N–H and O–H groups in total. The fourth-order valence-corrected chi connectivity index (χ4v) is 3.61. The molecule has 1 saturated heterocycles. The maximum Gasteiger partial charge on any atom is 0.251 e. The molecule has 5 nitrogen and oxygen atoms in total. The summed E-state index contributed by atoms with van der Waals surface area (Å²) in [5.41, 5.74) is 0.494. The van der Waals surface area contributed by atoms with Gasteiger partial charge in [0.1, 0.15) is 0 Å². The molecule has 1 amide bonds. The molecule has 0 radical (unpaired) electrons. The molecule has 1 fully saturated rings. The van der Waals surface area contributed by atoms with Gasteiger partial charge in [-0.2, -0.15) is 0 Å². The van der Waals surface area contributed by atoms with E-state index >= 15 is 0 Å². The Hall–Kier alpha value is -1.40. The van der Waals surface area contributed by atoms with Crippen LogP contribution in [0, 0.1) is 5.92 Å². The number of hydrogen-bond donors (Lipinski definition) is 2. The van der Waals surface area contributed by atoms with Gasteiger partial charge >= 0.3 is 0 Å². The van der Waals surface area contributed by atoms with Crippen molar-refractivity contribution in [2.24, 2.45) is 5.92 Å². The van der Waals surface area contributed by atoms with E-state index in [4.69, 9.17) is 0 Å². The molecular weight excluding hydrogens is 300 g/mol. The molecule has 6 heteroatoms. The molecule has 1 aromatic rings. The van der Waals surface area contributed by atoms with Gasteiger partial charge in [0, 0.05) is 11.6 Å². The van der Waals surface area contributed by atoms with Crippen LogP contribution in [0.3, 0.4) is 0 Å². The van der Waals surface area contributed by atoms with Crippen molar-refractivity contribution in [2.45, 2.75) is 43.4 Å². The Morgan fingerprint density at radius 3 is 2.45 bits per heavy atom. The van der Waals surface area contributed by atoms with Gasteiger partial charge in [-0.25, -0.2) is 8.42 Å². The standard InChI is InChI=1S/C16H24N2O3S/c1-11(2)22(20,21)14-6-4-13(5-7-14)16(19)18-15-8-9-17-10-12(15)3/h4-7,11-12,15,17H,8-10H2,1-3H3,(H,18,19). The Labute approximate surface area is 132 Å². The van der Waals surface area contributed by atoms with Crippen molar-refractivity contribution >= 4 is 15.7 Å². The molecule has 0 bridgehead atoms. The molecule has 0 aromatic heterocycles. The molecular formula is C16H24N2O3S. The number of nitrogens with one attached hydrogen (secondary N) is 2. The van der Waals surface area contributed by atoms with Crippen LogP contribution in [0.1, 0.15) is 37.6 Å². The largest absolute Gasteiger partial charge is 0.349 e. The average molecular weight is 324 g/mol. The van der Waals surface area contributed by atoms with Crippen molar-refractivity contribution in [3.8, 4) is 0 Å². The van der Waals surface area contributed by atoms with Crippen molar-refractivity contribution in [2.75, 3.05) is 13.1 Å². The lowest BCUT2D eigenvalue weighted by Crippen LogP contribution is -2.48. The summed E-state index contributed by atoms with van der Waals surface area (Å²) in [7, 11) is -3.30. The van der Waals surface area contributed by atoms with Crippen LogP contribution in [0.5, 0.6) is 0 Å². The second-order valence-corrected chi connectivity index (χ2v) is 8.67. The summed E-state index contributed by atoms with van der Waals surface area (Å²) < 4.78 is 24.1. The number of benzene rings is 1. The third-order valence-corrected chi connectivity index (χ3v) is 6.34. The van der Waals surface area contributed by atoms with Gasteiger partial charge < -0.3 is 10.6 Å². The third-order valence-electron chi connectivity index (χ3n) is 4.17. The Kier molecular flexibility index (Phi) is 5.24. The maximum atomic E-state index is 12.3. The summed E-state index contributed by atoms with van der Waals surface area (Å²) >= 11 is 0. The van der Waals surface area contributed by atoms with Crippen molar-refractivity contribution in [3.05, 3.63) is 29.8 Å². The highest BCUT2D eigenvalue weighted by molar-refractivity contribution is 7.92. The van der Waals surface area contributed by atoms with Crippen LogP contribution >= 0.6 is 0 Å². The van der Waals surface area contributed by atoms with Crippen LogP contribution < -0.4 is 10.6 Å². The predicted octanol–water partition coefficient (Wildman–Crippen LogP) is 1.60. The van der Waals surface area contributed by atoms with Gasteiger partial charge in [-0.3, -0.25) is 4.79 Å². The number of carbonyl (C=O) groups is 1. The van der Waals surface area contributed by atoms with Gasteiger partial charge in [0.15, 0.2) is 9.84 Å². The molecule has 2 atom stereocenters. The number of hydrogen-bond acceptors (Lipinski definition) is 4. The van der Waals surface area contributed by atoms with E-state index in [1.54, 1.807) is 26.0 Å². The fraction of sp³-hybridized carbons (Fsp3) is 0.562. The van der Waals surface area contributed by atoms with E-state index in [0.717, 1.165) is 19.5 Å². The number of carbonyl (C=O) groups excluding carboxylic acids is 1. The molecule has 0 spiro atoms. The summed E-state index contributed by atoms with van der Waals surface area (Å²) in [6.45, 7) is 7.20. The van der Waals surface area contributed by atoms with Crippen LogP contribution in [0.4, 0.5) is 0 Å². The first-order chi connectivity index (χ1) is 10.3. The smallest absolute Gasteiger partial charge is 0.251 e. The lowest BCUT2D eigenvalue weighted by atomic mass is 9.95. The van der Waals surface area contributed by atoms with Gasteiger partial charge in [-0.1, -0.05) is 6.92 Å². The fourth-order valence-electron chi connectivity index (χ4n) is 2.55. The quantitative estimate of drug-likeness (QED) is 0.882.